The number of carbonyl (C=O) groups is 7. The zero-order valence-corrected chi connectivity index (χ0v) is 49.8. The lowest BCUT2D eigenvalue weighted by Gasteiger charge is -2.41. The van der Waals surface area contributed by atoms with Crippen molar-refractivity contribution in [1.82, 2.24) is 25.3 Å². The number of thiophene rings is 1. The van der Waals surface area contributed by atoms with Crippen LogP contribution in [0.25, 0.3) is 10.1 Å². The summed E-state index contributed by atoms with van der Waals surface area (Å²) in [7, 11) is 5.85. The Morgan fingerprint density at radius 3 is 2.12 bits per heavy atom. The smallest absolute Gasteiger partial charge is 0.410 e. The molecule has 5 rings (SSSR count). The molecular formula is C59H83N5O18S. The Kier molecular flexibility index (Phi) is 24.7. The van der Waals surface area contributed by atoms with Crippen LogP contribution in [0, 0.1) is 36.0 Å². The van der Waals surface area contributed by atoms with Gasteiger partial charge in [-0.3, -0.25) is 24.1 Å². The number of nitrogens with zero attached hydrogens (tertiary/aromatic N) is 3. The van der Waals surface area contributed by atoms with Crippen molar-refractivity contribution in [3.63, 3.8) is 0 Å². The number of likely N-dealkylation sites (tertiary alicyclic amines) is 1. The first kappa shape index (κ1) is 67.4. The van der Waals surface area contributed by atoms with Gasteiger partial charge in [0.2, 0.25) is 29.9 Å². The van der Waals surface area contributed by atoms with Gasteiger partial charge in [0.1, 0.15) is 59.3 Å². The highest BCUT2D eigenvalue weighted by Gasteiger charge is 2.47. The summed E-state index contributed by atoms with van der Waals surface area (Å²) in [5, 5.41) is 66.8. The summed E-state index contributed by atoms with van der Waals surface area (Å²) in [6.45, 7) is 12.1. The van der Waals surface area contributed by atoms with Crippen LogP contribution < -0.4 is 15.4 Å². The number of amides is 5. The number of rotatable bonds is 28. The van der Waals surface area contributed by atoms with Crippen LogP contribution in [0.5, 0.6) is 5.75 Å². The molecule has 5 amide bonds. The largest absolute Gasteiger partial charge is 0.480 e. The van der Waals surface area contributed by atoms with Crippen molar-refractivity contribution in [2.75, 3.05) is 41.5 Å². The van der Waals surface area contributed by atoms with Crippen molar-refractivity contribution in [2.45, 2.75) is 166 Å². The minimum Gasteiger partial charge on any atom is -0.480 e. The Labute approximate surface area is 488 Å². The molecule has 0 spiro atoms. The van der Waals surface area contributed by atoms with E-state index in [4.69, 9.17) is 30.1 Å². The third-order valence-electron chi connectivity index (χ3n) is 15.9. The topological polar surface area (TPSA) is 321 Å². The molecule has 83 heavy (non-hydrogen) atoms. The molecule has 2 fully saturated rings. The molecule has 2 aliphatic rings. The van der Waals surface area contributed by atoms with Crippen LogP contribution in [0.15, 0.2) is 48.5 Å². The molecule has 3 unspecified atom stereocenters. The normalized spacial score (nSPS) is 22.2. The quantitative estimate of drug-likeness (QED) is 0.0479. The molecule has 23 nitrogen and oxygen atoms in total. The predicted octanol–water partition coefficient (Wildman–Crippen LogP) is 3.81. The molecule has 8 N–H and O–H groups in total. The Bertz CT molecular complexity index is 2750. The van der Waals surface area contributed by atoms with E-state index in [2.05, 4.69) is 16.6 Å². The van der Waals surface area contributed by atoms with Gasteiger partial charge in [0, 0.05) is 56.9 Å². The number of aliphatic hydroxyl groups excluding tert-OH is 4. The number of methoxy groups -OCH3 is 2. The third kappa shape index (κ3) is 16.1. The van der Waals surface area contributed by atoms with Crippen molar-refractivity contribution in [1.29, 1.82) is 0 Å². The average Bonchev–Trinajstić information content (AvgIpc) is 3.28. The Hall–Kier alpha value is -6.43. The number of aliphatic hydroxyl groups is 4. The van der Waals surface area contributed by atoms with Gasteiger partial charge in [-0.1, -0.05) is 91.3 Å². The number of benzene rings is 2. The van der Waals surface area contributed by atoms with E-state index in [9.17, 15) is 64.2 Å². The molecule has 3 heterocycles. The van der Waals surface area contributed by atoms with E-state index < -0.39 is 139 Å². The van der Waals surface area contributed by atoms with E-state index in [0.29, 0.717) is 25.8 Å². The van der Waals surface area contributed by atoms with E-state index in [1.807, 2.05) is 19.9 Å². The zero-order chi connectivity index (χ0) is 61.7. The number of hydrogen-bond acceptors (Lipinski definition) is 17. The van der Waals surface area contributed by atoms with Crippen molar-refractivity contribution in [3.05, 3.63) is 64.5 Å². The number of hydrogen-bond donors (Lipinski definition) is 8. The Morgan fingerprint density at radius 2 is 1.55 bits per heavy atom. The van der Waals surface area contributed by atoms with Gasteiger partial charge in [0.05, 0.1) is 49.7 Å². The van der Waals surface area contributed by atoms with Gasteiger partial charge in [-0.05, 0) is 48.3 Å². The molecule has 0 saturated carbocycles. The molecule has 0 bridgehead atoms. The number of aromatic carboxylic acids is 1. The monoisotopic (exact) mass is 1180 g/mol. The van der Waals surface area contributed by atoms with Crippen molar-refractivity contribution in [2.24, 2.45) is 23.7 Å². The van der Waals surface area contributed by atoms with E-state index in [1.54, 1.807) is 70.8 Å². The molecule has 2 aliphatic heterocycles. The fourth-order valence-electron chi connectivity index (χ4n) is 11.1. The molecule has 1 aromatic heterocycles. The zero-order valence-electron chi connectivity index (χ0n) is 49.0. The second-order valence-corrected chi connectivity index (χ2v) is 23.2. The number of ether oxygens (including phenoxy) is 5. The van der Waals surface area contributed by atoms with Gasteiger partial charge in [-0.25, -0.2) is 14.4 Å². The molecule has 2 aromatic carbocycles. The lowest BCUT2D eigenvalue weighted by atomic mass is 9.89. The highest BCUT2D eigenvalue weighted by molar-refractivity contribution is 7.21. The van der Waals surface area contributed by atoms with Crippen LogP contribution in [0.4, 0.5) is 4.79 Å². The average molecular weight is 1180 g/mol. The predicted molar refractivity (Wildman–Crippen MR) is 305 cm³/mol. The summed E-state index contributed by atoms with van der Waals surface area (Å²) < 4.78 is 29.7. The van der Waals surface area contributed by atoms with Crippen LogP contribution in [0.1, 0.15) is 107 Å². The summed E-state index contributed by atoms with van der Waals surface area (Å²) in [5.41, 5.74) is 1.00. The fourth-order valence-corrected chi connectivity index (χ4v) is 12.1. The van der Waals surface area contributed by atoms with Gasteiger partial charge >= 0.3 is 18.0 Å². The van der Waals surface area contributed by atoms with E-state index >= 15 is 0 Å². The number of carboxylic acids is 2. The highest BCUT2D eigenvalue weighted by Crippen LogP contribution is 2.41. The maximum Gasteiger partial charge on any atom is 0.410 e. The lowest BCUT2D eigenvalue weighted by Crippen LogP contribution is -2.60. The Balaban J connectivity index is 1.32. The number of aliphatic carboxylic acids is 1. The van der Waals surface area contributed by atoms with E-state index in [-0.39, 0.29) is 57.4 Å². The van der Waals surface area contributed by atoms with Gasteiger partial charge in [-0.15, -0.1) is 23.7 Å². The van der Waals surface area contributed by atoms with Crippen LogP contribution in [-0.4, -0.2) is 202 Å². The highest BCUT2D eigenvalue weighted by atomic mass is 32.1. The molecule has 0 radical (unpaired) electrons. The Morgan fingerprint density at radius 1 is 0.880 bits per heavy atom. The number of fused-ring (bicyclic) bond motifs is 1. The first-order chi connectivity index (χ1) is 39.3. The first-order valence-corrected chi connectivity index (χ1v) is 28.7. The summed E-state index contributed by atoms with van der Waals surface area (Å²) in [6, 6.07) is 8.30. The summed E-state index contributed by atoms with van der Waals surface area (Å²) in [4.78, 5) is 100. The molecular weight excluding hydrogens is 1100 g/mol. The van der Waals surface area contributed by atoms with Crippen LogP contribution in [-0.2, 0) is 49.3 Å². The summed E-state index contributed by atoms with van der Waals surface area (Å²) in [6.07, 6.45) is -4.74. The molecule has 458 valence electrons. The SMILES string of the molecule is C#CCC(OC(=O)N(C)[C@H](C(=O)N[C@H](C(=O)N(C)[C@@H](C(C)CC)[C@@H](CC(=O)N1CCC[C@H]1[C@H](OC)[C@@H](C)C(=O)NC(Cc1ccccc1)C(=O)O)OC)C(C)C)C(C)C)c1ccc(O[C@@H]2O[C@H](CO)[C@H](O)[C@H](O)[C@H]2O)c2cc(C(=O)O)sc12. The summed E-state index contributed by atoms with van der Waals surface area (Å²) >= 11 is 0.814. The minimum absolute atomic E-state index is 0.0192. The molecule has 0 aliphatic carbocycles. The number of nitrogens with one attached hydrogen (secondary N) is 2. The molecule has 3 aromatic rings. The van der Waals surface area contributed by atoms with Gasteiger partial charge in [0.15, 0.2) is 0 Å². The number of carbonyl (C=O) groups excluding carboxylic acids is 5. The van der Waals surface area contributed by atoms with E-state index in [0.717, 1.165) is 21.8 Å². The maximum absolute atomic E-state index is 14.9. The fraction of sp³-hybridized carbons (Fsp3) is 0.610. The molecule has 2 saturated heterocycles. The second kappa shape index (κ2) is 30.4. The minimum atomic E-state index is -1.78. The van der Waals surface area contributed by atoms with Gasteiger partial charge < -0.3 is 74.8 Å². The van der Waals surface area contributed by atoms with Crippen molar-refractivity contribution >= 4 is 63.1 Å². The van der Waals surface area contributed by atoms with Crippen LogP contribution in [0.2, 0.25) is 0 Å². The van der Waals surface area contributed by atoms with Gasteiger partial charge in [-0.2, -0.15) is 0 Å². The molecule has 15 atom stereocenters. The number of likely N-dealkylation sites (N-methyl/N-ethyl adjacent to an activating group) is 2. The maximum atomic E-state index is 14.9. The molecule has 24 heteroatoms. The standard InChI is InChI=1S/C59H83N5O18S/c1-13-19-39(35-23-24-40(36-27-43(57(75)76)83-52(35)36)80-58-50(69)49(68)48(67)42(29-65)81-58)82-59(77)63(10)46(31(5)6)54(71)61-45(30(3)4)55(72)62(9)47(32(7)14-2)41(78-11)28-44(66)64-25-18-22-38(64)51(79-12)33(8)53(70)60-37(56(73)74)26-34-20-16-15-17-21-34/h1,15-17,20-21,23-24,27,30-33,37-39,41-42,45-51,58,65,67-69H,14,18-19,22,25-26,28-29H2,2-12H3,(H,60,70)(H,61,71)(H,73,74)(H,75,76)/t32?,33-,37?,38+,39?,41-,42-,45+,46+,47+,48+,49+,50-,51-,58-/m1/s1. The van der Waals surface area contributed by atoms with Gasteiger partial charge in [0.25, 0.3) is 0 Å². The third-order valence-corrected chi connectivity index (χ3v) is 17.0. The number of carboxylic acid groups (broad SMARTS) is 2. The number of terminal acetylenes is 1. The van der Waals surface area contributed by atoms with E-state index in [1.165, 1.54) is 44.4 Å². The second-order valence-electron chi connectivity index (χ2n) is 22.1. The lowest BCUT2D eigenvalue weighted by molar-refractivity contribution is -0.277. The van der Waals surface area contributed by atoms with Crippen molar-refractivity contribution < 1.29 is 87.9 Å². The van der Waals surface area contributed by atoms with Crippen LogP contribution >= 0.6 is 11.3 Å². The van der Waals surface area contributed by atoms with Crippen LogP contribution in [0.3, 0.4) is 0 Å². The first-order valence-electron chi connectivity index (χ1n) is 27.9. The summed E-state index contributed by atoms with van der Waals surface area (Å²) in [5.74, 6) is -4.15. The van der Waals surface area contributed by atoms with Crippen molar-refractivity contribution in [3.8, 4) is 18.1 Å².